The number of hydrogen-bond acceptors (Lipinski definition) is 3. The average Bonchev–Trinajstić information content (AvgIpc) is 3.29. The van der Waals surface area contributed by atoms with Crippen LogP contribution in [0.3, 0.4) is 0 Å². The fraction of sp³-hybridized carbons (Fsp3) is 0.294. The van der Waals surface area contributed by atoms with Gasteiger partial charge >= 0.3 is 0 Å². The van der Waals surface area contributed by atoms with Gasteiger partial charge in [0.15, 0.2) is 5.69 Å². The number of benzene rings is 1. The van der Waals surface area contributed by atoms with Gasteiger partial charge in [-0.2, -0.15) is 5.26 Å². The van der Waals surface area contributed by atoms with Crippen molar-refractivity contribution in [3.05, 3.63) is 58.7 Å². The van der Waals surface area contributed by atoms with E-state index in [0.29, 0.717) is 5.02 Å². The zero-order chi connectivity index (χ0) is 14.9. The predicted octanol–water partition coefficient (Wildman–Crippen LogP) is 3.77. The van der Waals surface area contributed by atoms with Crippen molar-refractivity contribution in [3.8, 4) is 6.07 Å². The molecule has 1 aliphatic rings. The van der Waals surface area contributed by atoms with Crippen molar-refractivity contribution in [2.24, 2.45) is 0 Å². The number of nitrogens with zero attached hydrogens (tertiary/aromatic N) is 3. The zero-order valence-corrected chi connectivity index (χ0v) is 12.6. The first-order valence-corrected chi connectivity index (χ1v) is 7.36. The molecule has 3 nitrogen and oxygen atoms in total. The van der Waals surface area contributed by atoms with Crippen molar-refractivity contribution in [1.29, 1.82) is 5.26 Å². The second-order valence-corrected chi connectivity index (χ2v) is 6.02. The van der Waals surface area contributed by atoms with Crippen LogP contribution in [0.4, 0.5) is 5.82 Å². The Morgan fingerprint density at radius 2 is 1.95 bits per heavy atom. The Morgan fingerprint density at radius 1 is 1.24 bits per heavy atom. The lowest BCUT2D eigenvalue weighted by atomic mass is 9.95. The molecule has 21 heavy (non-hydrogen) atoms. The molecule has 3 rings (SSSR count). The van der Waals surface area contributed by atoms with Gasteiger partial charge in [-0.15, -0.1) is 0 Å². The molecular weight excluding hydrogens is 282 g/mol. The van der Waals surface area contributed by atoms with Crippen molar-refractivity contribution in [2.45, 2.75) is 18.3 Å². The minimum atomic E-state index is 0.226. The van der Waals surface area contributed by atoms with E-state index in [-0.39, 0.29) is 11.1 Å². The van der Waals surface area contributed by atoms with Gasteiger partial charge in [0.2, 0.25) is 0 Å². The van der Waals surface area contributed by atoms with Crippen molar-refractivity contribution in [1.82, 2.24) is 4.98 Å². The largest absolute Gasteiger partial charge is 0.359 e. The van der Waals surface area contributed by atoms with Crippen LogP contribution in [0.5, 0.6) is 0 Å². The summed E-state index contributed by atoms with van der Waals surface area (Å²) < 4.78 is 0. The Kier molecular flexibility index (Phi) is 3.57. The molecule has 0 spiro atoms. The van der Waals surface area contributed by atoms with Crippen LogP contribution >= 0.6 is 11.6 Å². The molecule has 0 bridgehead atoms. The van der Waals surface area contributed by atoms with Crippen LogP contribution in [-0.2, 0) is 5.41 Å². The Labute approximate surface area is 129 Å². The highest BCUT2D eigenvalue weighted by Crippen LogP contribution is 2.48. The summed E-state index contributed by atoms with van der Waals surface area (Å²) >= 11 is 5.94. The minimum absolute atomic E-state index is 0.226. The third kappa shape index (κ3) is 2.72. The van der Waals surface area contributed by atoms with Crippen LogP contribution in [-0.4, -0.2) is 18.6 Å². The number of halogens is 1. The molecule has 1 saturated carbocycles. The highest BCUT2D eigenvalue weighted by Gasteiger charge is 2.45. The maximum atomic E-state index is 9.03. The second-order valence-electron chi connectivity index (χ2n) is 5.61. The van der Waals surface area contributed by atoms with Gasteiger partial charge in [-0.1, -0.05) is 41.9 Å². The highest BCUT2D eigenvalue weighted by molar-refractivity contribution is 6.31. The van der Waals surface area contributed by atoms with E-state index in [1.165, 1.54) is 18.4 Å². The first kappa shape index (κ1) is 13.9. The van der Waals surface area contributed by atoms with E-state index in [1.54, 1.807) is 6.07 Å². The Morgan fingerprint density at radius 3 is 2.57 bits per heavy atom. The maximum Gasteiger partial charge on any atom is 0.161 e. The van der Waals surface area contributed by atoms with Gasteiger partial charge in [-0.25, -0.2) is 4.98 Å². The van der Waals surface area contributed by atoms with E-state index in [2.05, 4.69) is 34.1 Å². The van der Waals surface area contributed by atoms with E-state index in [4.69, 9.17) is 16.9 Å². The fourth-order valence-electron chi connectivity index (χ4n) is 2.74. The topological polar surface area (TPSA) is 39.9 Å². The van der Waals surface area contributed by atoms with Gasteiger partial charge in [-0.05, 0) is 30.5 Å². The van der Waals surface area contributed by atoms with E-state index < -0.39 is 0 Å². The van der Waals surface area contributed by atoms with Crippen LogP contribution in [0, 0.1) is 11.3 Å². The molecular formula is C17H16ClN3. The molecule has 1 aromatic heterocycles. The number of anilines is 1. The third-order valence-corrected chi connectivity index (χ3v) is 4.41. The molecule has 0 radical (unpaired) electrons. The lowest BCUT2D eigenvalue weighted by molar-refractivity contribution is 0.668. The van der Waals surface area contributed by atoms with Crippen LogP contribution < -0.4 is 4.90 Å². The summed E-state index contributed by atoms with van der Waals surface area (Å²) in [5.41, 5.74) is 1.89. The van der Waals surface area contributed by atoms with Gasteiger partial charge in [-0.3, -0.25) is 0 Å². The van der Waals surface area contributed by atoms with Gasteiger partial charge in [0.05, 0.1) is 5.02 Å². The summed E-state index contributed by atoms with van der Waals surface area (Å²) in [6, 6.07) is 16.2. The molecule has 2 aromatic rings. The number of nitriles is 1. The molecule has 0 unspecified atom stereocenters. The molecule has 106 valence electrons. The van der Waals surface area contributed by atoms with Gasteiger partial charge in [0, 0.05) is 19.0 Å². The van der Waals surface area contributed by atoms with Gasteiger partial charge in [0.1, 0.15) is 11.9 Å². The van der Waals surface area contributed by atoms with Crippen molar-refractivity contribution >= 4 is 17.4 Å². The smallest absolute Gasteiger partial charge is 0.161 e. The van der Waals surface area contributed by atoms with Crippen LogP contribution in [0.1, 0.15) is 24.1 Å². The van der Waals surface area contributed by atoms with E-state index in [0.717, 1.165) is 12.4 Å². The molecule has 0 N–H and O–H groups in total. The standard InChI is InChI=1S/C17H16ClN3/c1-21(16-8-7-14(18)15(11-19)20-16)12-17(9-10-17)13-5-3-2-4-6-13/h2-8H,9-10,12H2,1H3. The molecule has 1 heterocycles. The van der Waals surface area contributed by atoms with Crippen molar-refractivity contribution < 1.29 is 0 Å². The zero-order valence-electron chi connectivity index (χ0n) is 11.9. The Balaban J connectivity index is 1.81. The van der Waals surface area contributed by atoms with E-state index >= 15 is 0 Å². The quantitative estimate of drug-likeness (QED) is 0.862. The Bertz CT molecular complexity index is 687. The van der Waals surface area contributed by atoms with Crippen molar-refractivity contribution in [3.63, 3.8) is 0 Å². The van der Waals surface area contributed by atoms with Crippen LogP contribution in [0.2, 0.25) is 5.02 Å². The first-order valence-electron chi connectivity index (χ1n) is 6.98. The third-order valence-electron chi connectivity index (χ3n) is 4.11. The number of aromatic nitrogens is 1. The summed E-state index contributed by atoms with van der Waals surface area (Å²) in [4.78, 5) is 6.44. The first-order chi connectivity index (χ1) is 10.1. The number of pyridine rings is 1. The SMILES string of the molecule is CN(CC1(c2ccccc2)CC1)c1ccc(Cl)c(C#N)n1. The lowest BCUT2D eigenvalue weighted by Gasteiger charge is -2.25. The molecule has 0 aliphatic heterocycles. The monoisotopic (exact) mass is 297 g/mol. The summed E-state index contributed by atoms with van der Waals surface area (Å²) in [5.74, 6) is 0.790. The summed E-state index contributed by atoms with van der Waals surface area (Å²) in [6.07, 6.45) is 2.39. The molecule has 4 heteroatoms. The molecule has 0 amide bonds. The lowest BCUT2D eigenvalue weighted by Crippen LogP contribution is -2.29. The van der Waals surface area contributed by atoms with Crippen LogP contribution in [0.15, 0.2) is 42.5 Å². The normalized spacial score (nSPS) is 15.3. The van der Waals surface area contributed by atoms with Gasteiger partial charge in [0.25, 0.3) is 0 Å². The molecule has 0 saturated heterocycles. The maximum absolute atomic E-state index is 9.03. The Hall–Kier alpha value is -2.05. The predicted molar refractivity (Wildman–Crippen MR) is 84.6 cm³/mol. The highest BCUT2D eigenvalue weighted by atomic mass is 35.5. The summed E-state index contributed by atoms with van der Waals surface area (Å²) in [5, 5.41) is 9.43. The average molecular weight is 298 g/mol. The second kappa shape index (κ2) is 5.38. The number of hydrogen-bond donors (Lipinski definition) is 0. The van der Waals surface area contributed by atoms with E-state index in [9.17, 15) is 0 Å². The summed E-state index contributed by atoms with van der Waals surface area (Å²) in [6.45, 7) is 0.899. The fourth-order valence-corrected chi connectivity index (χ4v) is 2.89. The van der Waals surface area contributed by atoms with Crippen LogP contribution in [0.25, 0.3) is 0 Å². The molecule has 0 atom stereocenters. The minimum Gasteiger partial charge on any atom is -0.359 e. The number of rotatable bonds is 4. The van der Waals surface area contributed by atoms with E-state index in [1.807, 2.05) is 25.2 Å². The van der Waals surface area contributed by atoms with Crippen molar-refractivity contribution in [2.75, 3.05) is 18.5 Å². The number of likely N-dealkylation sites (N-methyl/N-ethyl adjacent to an activating group) is 1. The molecule has 1 fully saturated rings. The summed E-state index contributed by atoms with van der Waals surface area (Å²) in [7, 11) is 2.01. The molecule has 1 aliphatic carbocycles. The van der Waals surface area contributed by atoms with Gasteiger partial charge < -0.3 is 4.90 Å². The molecule has 1 aromatic carbocycles.